The van der Waals surface area contributed by atoms with Crippen molar-refractivity contribution in [3.05, 3.63) is 60.2 Å². The van der Waals surface area contributed by atoms with Crippen LogP contribution in [0.4, 0.5) is 0 Å². The van der Waals surface area contributed by atoms with Gasteiger partial charge in [0.2, 0.25) is 0 Å². The minimum atomic E-state index is 0. The molecule has 3 rings (SSSR count). The fourth-order valence-electron chi connectivity index (χ4n) is 3.07. The molecule has 1 fully saturated rings. The molecule has 1 heterocycles. The lowest BCUT2D eigenvalue weighted by atomic mass is 10.0. The molecule has 23 heavy (non-hydrogen) atoms. The van der Waals surface area contributed by atoms with Crippen molar-refractivity contribution in [2.24, 2.45) is 0 Å². The number of ketones is 1. The van der Waals surface area contributed by atoms with E-state index in [1.54, 1.807) is 0 Å². The molecule has 0 radical (unpaired) electrons. The minimum Gasteiger partial charge on any atom is -1.00 e. The molecular formula is C20H23ClNO-. The number of hydrogen-bond donors (Lipinski definition) is 0. The third kappa shape index (κ3) is 4.92. The predicted octanol–water partition coefficient (Wildman–Crippen LogP) is 1.42. The van der Waals surface area contributed by atoms with Gasteiger partial charge in [-0.2, -0.15) is 0 Å². The van der Waals surface area contributed by atoms with Crippen LogP contribution in [0.25, 0.3) is 11.1 Å². The van der Waals surface area contributed by atoms with Gasteiger partial charge >= 0.3 is 0 Å². The maximum Gasteiger partial charge on any atom is 0.164 e. The van der Waals surface area contributed by atoms with E-state index in [9.17, 15) is 4.79 Å². The molecule has 0 spiro atoms. The van der Waals surface area contributed by atoms with Gasteiger partial charge in [0.25, 0.3) is 0 Å². The summed E-state index contributed by atoms with van der Waals surface area (Å²) in [4.78, 5) is 14.7. The number of carbonyl (C=O) groups excluding carboxylic acids is 1. The van der Waals surface area contributed by atoms with Gasteiger partial charge in [0, 0.05) is 18.5 Å². The highest BCUT2D eigenvalue weighted by molar-refractivity contribution is 5.96. The molecule has 1 saturated heterocycles. The number of rotatable bonds is 5. The zero-order valence-corrected chi connectivity index (χ0v) is 14.1. The van der Waals surface area contributed by atoms with E-state index >= 15 is 0 Å². The van der Waals surface area contributed by atoms with Gasteiger partial charge in [0.05, 0.1) is 0 Å². The Bertz CT molecular complexity index is 603. The van der Waals surface area contributed by atoms with Gasteiger partial charge in [0.1, 0.15) is 0 Å². The first-order chi connectivity index (χ1) is 10.8. The normalized spacial score (nSPS) is 15.0. The zero-order valence-electron chi connectivity index (χ0n) is 13.4. The molecule has 1 aliphatic rings. The molecule has 2 aromatic carbocycles. The summed E-state index contributed by atoms with van der Waals surface area (Å²) in [5.41, 5.74) is 3.18. The van der Waals surface area contributed by atoms with E-state index in [-0.39, 0.29) is 18.2 Å². The molecule has 3 heteroatoms. The number of benzene rings is 2. The van der Waals surface area contributed by atoms with Gasteiger partial charge < -0.3 is 17.3 Å². The van der Waals surface area contributed by atoms with Crippen LogP contribution < -0.4 is 12.4 Å². The maximum atomic E-state index is 12.3. The molecule has 0 unspecified atom stereocenters. The Kier molecular flexibility index (Phi) is 6.82. The summed E-state index contributed by atoms with van der Waals surface area (Å²) in [5, 5.41) is 0. The van der Waals surface area contributed by atoms with Crippen molar-refractivity contribution < 1.29 is 17.2 Å². The number of nitrogens with zero attached hydrogens (tertiary/aromatic N) is 1. The molecule has 0 atom stereocenters. The van der Waals surface area contributed by atoms with Crippen LogP contribution in [0.5, 0.6) is 0 Å². The highest BCUT2D eigenvalue weighted by atomic mass is 35.5. The maximum absolute atomic E-state index is 12.3. The molecule has 0 bridgehead atoms. The first-order valence-corrected chi connectivity index (χ1v) is 8.24. The lowest BCUT2D eigenvalue weighted by molar-refractivity contribution is -0.0000125. The van der Waals surface area contributed by atoms with E-state index in [0.29, 0.717) is 6.42 Å². The Labute approximate surface area is 144 Å². The molecule has 122 valence electrons. The number of carbonyl (C=O) groups is 1. The molecule has 0 aliphatic carbocycles. The highest BCUT2D eigenvalue weighted by Gasteiger charge is 2.12. The van der Waals surface area contributed by atoms with Crippen molar-refractivity contribution in [2.75, 3.05) is 19.6 Å². The van der Waals surface area contributed by atoms with Crippen LogP contribution >= 0.6 is 0 Å². The quantitative estimate of drug-likeness (QED) is 0.774. The summed E-state index contributed by atoms with van der Waals surface area (Å²) in [6.07, 6.45) is 4.52. The first kappa shape index (κ1) is 17.7. The lowest BCUT2D eigenvalue weighted by Crippen LogP contribution is -3.00. The Morgan fingerprint density at radius 2 is 1.43 bits per heavy atom. The molecule has 1 aliphatic heterocycles. The molecular weight excluding hydrogens is 306 g/mol. The molecule has 2 nitrogen and oxygen atoms in total. The summed E-state index contributed by atoms with van der Waals surface area (Å²) in [6.45, 7) is 3.21. The third-order valence-electron chi connectivity index (χ3n) is 4.42. The van der Waals surface area contributed by atoms with Crippen molar-refractivity contribution in [1.82, 2.24) is 4.90 Å². The third-order valence-corrected chi connectivity index (χ3v) is 4.42. The topological polar surface area (TPSA) is 20.3 Å². The van der Waals surface area contributed by atoms with E-state index in [1.807, 2.05) is 42.5 Å². The number of likely N-dealkylation sites (tertiary alicyclic amines) is 1. The highest BCUT2D eigenvalue weighted by Crippen LogP contribution is 2.20. The van der Waals surface area contributed by atoms with Crippen molar-refractivity contribution in [1.29, 1.82) is 0 Å². The predicted molar refractivity (Wildman–Crippen MR) is 91.1 cm³/mol. The summed E-state index contributed by atoms with van der Waals surface area (Å²) < 4.78 is 0. The minimum absolute atomic E-state index is 0. The van der Waals surface area contributed by atoms with Crippen LogP contribution in [0.15, 0.2) is 54.6 Å². The lowest BCUT2D eigenvalue weighted by Gasteiger charge is -2.25. The van der Waals surface area contributed by atoms with Crippen molar-refractivity contribution in [3.63, 3.8) is 0 Å². The molecule has 0 aromatic heterocycles. The average Bonchev–Trinajstić information content (AvgIpc) is 2.61. The van der Waals surface area contributed by atoms with Gasteiger partial charge in [0.15, 0.2) is 5.78 Å². The van der Waals surface area contributed by atoms with Gasteiger partial charge in [-0.3, -0.25) is 4.79 Å². The van der Waals surface area contributed by atoms with E-state index in [0.717, 1.165) is 30.8 Å². The van der Waals surface area contributed by atoms with Gasteiger partial charge in [-0.05, 0) is 37.1 Å². The standard InChI is InChI=1S/C20H23NO.ClH/c22-20(13-16-21-14-5-2-6-15-21)19-11-9-18(10-12-19)17-7-3-1-4-8-17;/h1,3-4,7-12H,2,5-6,13-16H2;1H/p-1. The molecule has 2 aromatic rings. The summed E-state index contributed by atoms with van der Waals surface area (Å²) in [6, 6.07) is 18.3. The summed E-state index contributed by atoms with van der Waals surface area (Å²) in [5.74, 6) is 0.255. The summed E-state index contributed by atoms with van der Waals surface area (Å²) in [7, 11) is 0. The summed E-state index contributed by atoms with van der Waals surface area (Å²) >= 11 is 0. The van der Waals surface area contributed by atoms with Crippen molar-refractivity contribution >= 4 is 5.78 Å². The molecule has 0 N–H and O–H groups in total. The van der Waals surface area contributed by atoms with Crippen LogP contribution in [0.1, 0.15) is 36.0 Å². The average molecular weight is 329 g/mol. The number of piperidine rings is 1. The van der Waals surface area contributed by atoms with E-state index in [2.05, 4.69) is 17.0 Å². The Morgan fingerprint density at radius 1 is 0.826 bits per heavy atom. The molecule has 0 saturated carbocycles. The smallest absolute Gasteiger partial charge is 0.164 e. The van der Waals surface area contributed by atoms with E-state index in [4.69, 9.17) is 0 Å². The van der Waals surface area contributed by atoms with Crippen LogP contribution in [0, 0.1) is 0 Å². The second kappa shape index (κ2) is 8.85. The number of halogens is 1. The van der Waals surface area contributed by atoms with Gasteiger partial charge in [-0.15, -0.1) is 0 Å². The number of Topliss-reactive ketones (excluding diaryl/α,β-unsaturated/α-hetero) is 1. The van der Waals surface area contributed by atoms with Crippen molar-refractivity contribution in [3.8, 4) is 11.1 Å². The van der Waals surface area contributed by atoms with Gasteiger partial charge in [-0.1, -0.05) is 61.0 Å². The van der Waals surface area contributed by atoms with Crippen LogP contribution in [0.2, 0.25) is 0 Å². The zero-order chi connectivity index (χ0) is 15.2. The second-order valence-electron chi connectivity index (χ2n) is 6.02. The largest absolute Gasteiger partial charge is 1.00 e. The Hall–Kier alpha value is -1.64. The van der Waals surface area contributed by atoms with Crippen LogP contribution in [0.3, 0.4) is 0 Å². The van der Waals surface area contributed by atoms with Crippen LogP contribution in [-0.4, -0.2) is 30.3 Å². The van der Waals surface area contributed by atoms with E-state index < -0.39 is 0 Å². The Morgan fingerprint density at radius 3 is 2.09 bits per heavy atom. The Balaban J connectivity index is 0.00000192. The monoisotopic (exact) mass is 328 g/mol. The number of hydrogen-bond acceptors (Lipinski definition) is 2. The second-order valence-corrected chi connectivity index (χ2v) is 6.02. The SMILES string of the molecule is O=C(CCN1CCCCC1)c1ccc(-c2ccccc2)cc1.[Cl-]. The fourth-order valence-corrected chi connectivity index (χ4v) is 3.07. The fraction of sp³-hybridized carbons (Fsp3) is 0.350. The van der Waals surface area contributed by atoms with E-state index in [1.165, 1.54) is 24.8 Å². The molecule has 0 amide bonds. The van der Waals surface area contributed by atoms with Crippen LogP contribution in [-0.2, 0) is 0 Å². The van der Waals surface area contributed by atoms with Gasteiger partial charge in [-0.25, -0.2) is 0 Å². The first-order valence-electron chi connectivity index (χ1n) is 8.24. The van der Waals surface area contributed by atoms with Crippen molar-refractivity contribution in [2.45, 2.75) is 25.7 Å².